The number of nitrogens with one attached hydrogen (secondary N) is 1. The van der Waals surface area contributed by atoms with E-state index in [0.29, 0.717) is 16.4 Å². The van der Waals surface area contributed by atoms with Crippen LogP contribution in [0.25, 0.3) is 0 Å². The predicted octanol–water partition coefficient (Wildman–Crippen LogP) is 2.32. The SMILES string of the molecule is CC(C(=O)Nc1ccc(Cl)cc1N)n1cccn1. The van der Waals surface area contributed by atoms with Crippen molar-refractivity contribution < 1.29 is 4.79 Å². The van der Waals surface area contributed by atoms with Crippen LogP contribution in [-0.4, -0.2) is 15.7 Å². The largest absolute Gasteiger partial charge is 0.397 e. The van der Waals surface area contributed by atoms with Gasteiger partial charge in [-0.25, -0.2) is 0 Å². The van der Waals surface area contributed by atoms with Gasteiger partial charge in [-0.2, -0.15) is 5.10 Å². The van der Waals surface area contributed by atoms with Crippen LogP contribution in [-0.2, 0) is 4.79 Å². The van der Waals surface area contributed by atoms with Crippen LogP contribution < -0.4 is 11.1 Å². The minimum atomic E-state index is -0.407. The monoisotopic (exact) mass is 264 g/mol. The molecule has 1 aromatic heterocycles. The summed E-state index contributed by atoms with van der Waals surface area (Å²) in [6.07, 6.45) is 3.36. The second-order valence-electron chi connectivity index (χ2n) is 3.88. The highest BCUT2D eigenvalue weighted by Crippen LogP contribution is 2.23. The van der Waals surface area contributed by atoms with Crippen LogP contribution >= 0.6 is 11.6 Å². The highest BCUT2D eigenvalue weighted by molar-refractivity contribution is 6.31. The van der Waals surface area contributed by atoms with E-state index in [-0.39, 0.29) is 5.91 Å². The van der Waals surface area contributed by atoms with Crippen LogP contribution in [0.2, 0.25) is 5.02 Å². The molecule has 1 aromatic carbocycles. The van der Waals surface area contributed by atoms with Gasteiger partial charge >= 0.3 is 0 Å². The van der Waals surface area contributed by atoms with E-state index < -0.39 is 6.04 Å². The molecule has 0 saturated carbocycles. The molecule has 5 nitrogen and oxygen atoms in total. The predicted molar refractivity (Wildman–Crippen MR) is 71.4 cm³/mol. The number of nitrogens with zero attached hydrogens (tertiary/aromatic N) is 2. The lowest BCUT2D eigenvalue weighted by Crippen LogP contribution is -2.24. The summed E-state index contributed by atoms with van der Waals surface area (Å²) in [5, 5.41) is 7.29. The van der Waals surface area contributed by atoms with Crippen LogP contribution in [0.15, 0.2) is 36.7 Å². The van der Waals surface area contributed by atoms with Crippen molar-refractivity contribution in [3.8, 4) is 0 Å². The highest BCUT2D eigenvalue weighted by atomic mass is 35.5. The summed E-state index contributed by atoms with van der Waals surface area (Å²) in [4.78, 5) is 12.0. The normalized spacial score (nSPS) is 12.1. The van der Waals surface area contributed by atoms with E-state index in [0.717, 1.165) is 0 Å². The van der Waals surface area contributed by atoms with Crippen LogP contribution in [0.3, 0.4) is 0 Å². The summed E-state index contributed by atoms with van der Waals surface area (Å²) in [5.41, 5.74) is 6.75. The summed E-state index contributed by atoms with van der Waals surface area (Å²) >= 11 is 5.79. The number of nitrogen functional groups attached to an aromatic ring is 1. The Hall–Kier alpha value is -2.01. The van der Waals surface area contributed by atoms with Gasteiger partial charge in [-0.15, -0.1) is 0 Å². The Bertz CT molecular complexity index is 553. The lowest BCUT2D eigenvalue weighted by Gasteiger charge is -2.14. The molecule has 3 N–H and O–H groups in total. The van der Waals surface area contributed by atoms with Crippen molar-refractivity contribution >= 4 is 28.9 Å². The standard InChI is InChI=1S/C12H13ClN4O/c1-8(17-6-2-5-15-17)12(18)16-11-4-3-9(13)7-10(11)14/h2-8H,14H2,1H3,(H,16,18). The first kappa shape index (κ1) is 12.4. The van der Waals surface area contributed by atoms with Gasteiger partial charge in [0.15, 0.2) is 0 Å². The molecule has 0 radical (unpaired) electrons. The molecule has 0 aliphatic heterocycles. The van der Waals surface area contributed by atoms with Crippen molar-refractivity contribution in [1.29, 1.82) is 0 Å². The molecule has 18 heavy (non-hydrogen) atoms. The van der Waals surface area contributed by atoms with E-state index >= 15 is 0 Å². The summed E-state index contributed by atoms with van der Waals surface area (Å²) in [5.74, 6) is -0.187. The Kier molecular flexibility index (Phi) is 3.53. The Morgan fingerprint density at radius 1 is 1.56 bits per heavy atom. The first-order chi connectivity index (χ1) is 8.58. The van der Waals surface area contributed by atoms with E-state index in [2.05, 4.69) is 10.4 Å². The molecule has 2 aromatic rings. The Labute approximate surface area is 110 Å². The van der Waals surface area contributed by atoms with Gasteiger partial charge < -0.3 is 11.1 Å². The maximum Gasteiger partial charge on any atom is 0.249 e. The first-order valence-electron chi connectivity index (χ1n) is 5.43. The zero-order chi connectivity index (χ0) is 13.1. The van der Waals surface area contributed by atoms with Crippen LogP contribution in [0.4, 0.5) is 11.4 Å². The van der Waals surface area contributed by atoms with Gasteiger partial charge in [-0.3, -0.25) is 9.48 Å². The number of aromatic nitrogens is 2. The van der Waals surface area contributed by atoms with Crippen molar-refractivity contribution in [3.05, 3.63) is 41.7 Å². The molecule has 2 rings (SSSR count). The van der Waals surface area contributed by atoms with Crippen LogP contribution in [0.1, 0.15) is 13.0 Å². The van der Waals surface area contributed by atoms with E-state index in [4.69, 9.17) is 17.3 Å². The fourth-order valence-corrected chi connectivity index (χ4v) is 1.70. The topological polar surface area (TPSA) is 72.9 Å². The quantitative estimate of drug-likeness (QED) is 0.836. The lowest BCUT2D eigenvalue weighted by atomic mass is 10.2. The molecule has 1 heterocycles. The summed E-state index contributed by atoms with van der Waals surface area (Å²) < 4.78 is 1.57. The second kappa shape index (κ2) is 5.10. The van der Waals surface area contributed by atoms with E-state index in [1.807, 2.05) is 0 Å². The van der Waals surface area contributed by atoms with Crippen LogP contribution in [0, 0.1) is 0 Å². The molecule has 0 aliphatic rings. The Morgan fingerprint density at radius 3 is 2.94 bits per heavy atom. The molecule has 0 aliphatic carbocycles. The van der Waals surface area contributed by atoms with Gasteiger partial charge in [0.05, 0.1) is 11.4 Å². The zero-order valence-corrected chi connectivity index (χ0v) is 10.6. The molecule has 6 heteroatoms. The molecule has 0 saturated heterocycles. The number of anilines is 2. The van der Waals surface area contributed by atoms with Crippen LogP contribution in [0.5, 0.6) is 0 Å². The van der Waals surface area contributed by atoms with Crippen molar-refractivity contribution in [1.82, 2.24) is 9.78 Å². The average molecular weight is 265 g/mol. The van der Waals surface area contributed by atoms with Crippen molar-refractivity contribution in [2.45, 2.75) is 13.0 Å². The molecular formula is C12H13ClN4O. The number of hydrogen-bond donors (Lipinski definition) is 2. The Balaban J connectivity index is 2.12. The number of rotatable bonds is 3. The fraction of sp³-hybridized carbons (Fsp3) is 0.167. The van der Waals surface area contributed by atoms with E-state index in [1.54, 1.807) is 48.3 Å². The van der Waals surface area contributed by atoms with Gasteiger partial charge in [0.1, 0.15) is 6.04 Å². The molecule has 0 bridgehead atoms. The smallest absolute Gasteiger partial charge is 0.249 e. The second-order valence-corrected chi connectivity index (χ2v) is 4.32. The number of hydrogen-bond acceptors (Lipinski definition) is 3. The maximum atomic E-state index is 12.0. The minimum absolute atomic E-state index is 0.187. The van der Waals surface area contributed by atoms with Gasteiger partial charge in [0.2, 0.25) is 5.91 Å². The lowest BCUT2D eigenvalue weighted by molar-refractivity contribution is -0.119. The van der Waals surface area contributed by atoms with E-state index in [9.17, 15) is 4.79 Å². The number of amides is 1. The van der Waals surface area contributed by atoms with Gasteiger partial charge in [-0.05, 0) is 31.2 Å². The number of halogens is 1. The Morgan fingerprint density at radius 2 is 2.33 bits per heavy atom. The maximum absolute atomic E-state index is 12.0. The molecule has 1 atom stereocenters. The van der Waals surface area contributed by atoms with E-state index in [1.165, 1.54) is 0 Å². The molecule has 1 amide bonds. The number of carbonyl (C=O) groups is 1. The summed E-state index contributed by atoms with van der Waals surface area (Å²) in [7, 11) is 0. The van der Waals surface area contributed by atoms with Crippen molar-refractivity contribution in [2.24, 2.45) is 0 Å². The zero-order valence-electron chi connectivity index (χ0n) is 9.80. The highest BCUT2D eigenvalue weighted by Gasteiger charge is 2.15. The first-order valence-corrected chi connectivity index (χ1v) is 5.81. The molecule has 0 spiro atoms. The van der Waals surface area contributed by atoms with Gasteiger partial charge in [-0.1, -0.05) is 11.6 Å². The van der Waals surface area contributed by atoms with Gasteiger partial charge in [0, 0.05) is 17.4 Å². The third-order valence-electron chi connectivity index (χ3n) is 2.57. The number of nitrogens with two attached hydrogens (primary N) is 1. The summed E-state index contributed by atoms with van der Waals surface area (Å²) in [6, 6.07) is 6.29. The number of carbonyl (C=O) groups excluding carboxylic acids is 1. The third-order valence-corrected chi connectivity index (χ3v) is 2.81. The fourth-order valence-electron chi connectivity index (χ4n) is 1.51. The molecule has 94 valence electrons. The molecule has 0 fully saturated rings. The molecular weight excluding hydrogens is 252 g/mol. The minimum Gasteiger partial charge on any atom is -0.397 e. The average Bonchev–Trinajstić information content (AvgIpc) is 2.85. The number of benzene rings is 1. The summed E-state index contributed by atoms with van der Waals surface area (Å²) in [6.45, 7) is 1.76. The molecule has 1 unspecified atom stereocenters. The van der Waals surface area contributed by atoms with Gasteiger partial charge in [0.25, 0.3) is 0 Å². The third kappa shape index (κ3) is 2.62. The van der Waals surface area contributed by atoms with Crippen molar-refractivity contribution in [2.75, 3.05) is 11.1 Å². The van der Waals surface area contributed by atoms with Crippen molar-refractivity contribution in [3.63, 3.8) is 0 Å².